The highest BCUT2D eigenvalue weighted by Crippen LogP contribution is 2.35. The summed E-state index contributed by atoms with van der Waals surface area (Å²) in [5, 5.41) is 6.82. The Morgan fingerprint density at radius 2 is 2.00 bits per heavy atom. The van der Waals surface area contributed by atoms with E-state index in [4.69, 9.17) is 10.3 Å². The molecule has 2 aromatic rings. The monoisotopic (exact) mass is 346 g/mol. The predicted octanol–water partition coefficient (Wildman–Crippen LogP) is 3.06. The van der Waals surface area contributed by atoms with E-state index in [1.54, 1.807) is 12.1 Å². The van der Waals surface area contributed by atoms with Gasteiger partial charge < -0.3 is 15.6 Å². The van der Waals surface area contributed by atoms with Crippen LogP contribution in [0, 0.1) is 11.7 Å². The normalized spacial score (nSPS) is 17.6. The zero-order chi connectivity index (χ0) is 18.0. The summed E-state index contributed by atoms with van der Waals surface area (Å²) < 4.78 is 19.2. The van der Waals surface area contributed by atoms with Crippen LogP contribution < -0.4 is 11.1 Å². The largest absolute Gasteiger partial charge is 0.340 e. The van der Waals surface area contributed by atoms with Crippen molar-refractivity contribution in [1.82, 2.24) is 15.5 Å². The zero-order valence-corrected chi connectivity index (χ0v) is 14.5. The second-order valence-corrected chi connectivity index (χ2v) is 6.99. The molecule has 0 aliphatic heterocycles. The van der Waals surface area contributed by atoms with E-state index < -0.39 is 23.3 Å². The summed E-state index contributed by atoms with van der Waals surface area (Å²) in [6, 6.07) is 5.33. The van der Waals surface area contributed by atoms with Gasteiger partial charge in [-0.15, -0.1) is 0 Å². The first-order valence-corrected chi connectivity index (χ1v) is 8.59. The van der Waals surface area contributed by atoms with Crippen LogP contribution in [-0.2, 0) is 5.54 Å². The van der Waals surface area contributed by atoms with Crippen molar-refractivity contribution in [2.75, 3.05) is 0 Å². The van der Waals surface area contributed by atoms with E-state index in [9.17, 15) is 9.18 Å². The van der Waals surface area contributed by atoms with Crippen molar-refractivity contribution in [2.45, 2.75) is 51.1 Å². The van der Waals surface area contributed by atoms with Crippen LogP contribution >= 0.6 is 0 Å². The molecule has 1 heterocycles. The third-order valence-electron chi connectivity index (χ3n) is 4.72. The predicted molar refractivity (Wildman–Crippen MR) is 90.1 cm³/mol. The summed E-state index contributed by atoms with van der Waals surface area (Å²) in [5.41, 5.74) is 5.79. The molecule has 0 spiro atoms. The first kappa shape index (κ1) is 17.5. The third-order valence-corrected chi connectivity index (χ3v) is 4.72. The van der Waals surface area contributed by atoms with Crippen LogP contribution in [0.2, 0.25) is 0 Å². The highest BCUT2D eigenvalue weighted by molar-refractivity contribution is 5.94. The van der Waals surface area contributed by atoms with E-state index in [0.29, 0.717) is 11.7 Å². The van der Waals surface area contributed by atoms with Gasteiger partial charge in [0.15, 0.2) is 5.82 Å². The van der Waals surface area contributed by atoms with Crippen LogP contribution in [0.15, 0.2) is 28.8 Å². The minimum absolute atomic E-state index is 0.0127. The minimum Gasteiger partial charge on any atom is -0.340 e. The summed E-state index contributed by atoms with van der Waals surface area (Å²) in [6.45, 7) is 3.84. The molecule has 1 unspecified atom stereocenters. The third kappa shape index (κ3) is 3.56. The van der Waals surface area contributed by atoms with Gasteiger partial charge in [-0.25, -0.2) is 4.39 Å². The SMILES string of the molecule is CC(C)C(NC(=O)c1ccccc1F)c1nc(C2(N)CCCC2)no1. The van der Waals surface area contributed by atoms with Gasteiger partial charge in [0.25, 0.3) is 5.91 Å². The molecule has 0 radical (unpaired) electrons. The van der Waals surface area contributed by atoms with Gasteiger partial charge in [-0.3, -0.25) is 4.79 Å². The van der Waals surface area contributed by atoms with Crippen molar-refractivity contribution in [3.8, 4) is 0 Å². The quantitative estimate of drug-likeness (QED) is 0.868. The average molecular weight is 346 g/mol. The molecule has 7 heteroatoms. The number of rotatable bonds is 5. The summed E-state index contributed by atoms with van der Waals surface area (Å²) in [6.07, 6.45) is 3.72. The highest BCUT2D eigenvalue weighted by atomic mass is 19.1. The lowest BCUT2D eigenvalue weighted by Crippen LogP contribution is -2.35. The minimum atomic E-state index is -0.569. The van der Waals surface area contributed by atoms with Crippen molar-refractivity contribution in [3.63, 3.8) is 0 Å². The second-order valence-electron chi connectivity index (χ2n) is 6.99. The van der Waals surface area contributed by atoms with E-state index in [2.05, 4.69) is 15.5 Å². The van der Waals surface area contributed by atoms with E-state index >= 15 is 0 Å². The lowest BCUT2D eigenvalue weighted by Gasteiger charge is -2.20. The van der Waals surface area contributed by atoms with Gasteiger partial charge >= 0.3 is 0 Å². The zero-order valence-electron chi connectivity index (χ0n) is 14.5. The number of halogens is 1. The van der Waals surface area contributed by atoms with E-state index in [1.165, 1.54) is 12.1 Å². The fraction of sp³-hybridized carbons (Fsp3) is 0.500. The van der Waals surface area contributed by atoms with Crippen molar-refractivity contribution >= 4 is 5.91 Å². The maximum absolute atomic E-state index is 13.8. The van der Waals surface area contributed by atoms with Gasteiger partial charge in [-0.1, -0.05) is 44.0 Å². The molecule has 25 heavy (non-hydrogen) atoms. The number of carbonyl (C=O) groups excluding carboxylic acids is 1. The Kier molecular flexibility index (Phi) is 4.85. The van der Waals surface area contributed by atoms with E-state index in [0.717, 1.165) is 25.7 Å². The molecule has 6 nitrogen and oxygen atoms in total. The molecule has 1 aromatic carbocycles. The van der Waals surface area contributed by atoms with E-state index in [1.807, 2.05) is 13.8 Å². The molecule has 134 valence electrons. The number of benzene rings is 1. The number of amides is 1. The maximum Gasteiger partial charge on any atom is 0.254 e. The molecule has 0 bridgehead atoms. The molecule has 1 aliphatic rings. The number of nitrogens with zero attached hydrogens (tertiary/aromatic N) is 2. The van der Waals surface area contributed by atoms with E-state index in [-0.39, 0.29) is 11.5 Å². The van der Waals surface area contributed by atoms with Crippen LogP contribution in [0.4, 0.5) is 4.39 Å². The Morgan fingerprint density at radius 3 is 2.64 bits per heavy atom. The van der Waals surface area contributed by atoms with Crippen LogP contribution in [-0.4, -0.2) is 16.0 Å². The summed E-state index contributed by atoms with van der Waals surface area (Å²) in [4.78, 5) is 16.9. The number of nitrogens with one attached hydrogen (secondary N) is 1. The smallest absolute Gasteiger partial charge is 0.254 e. The summed E-state index contributed by atoms with van der Waals surface area (Å²) >= 11 is 0. The Morgan fingerprint density at radius 1 is 1.32 bits per heavy atom. The average Bonchev–Trinajstić information content (AvgIpc) is 3.22. The number of nitrogens with two attached hydrogens (primary N) is 1. The highest BCUT2D eigenvalue weighted by Gasteiger charge is 2.37. The molecule has 1 atom stereocenters. The summed E-state index contributed by atoms with van der Waals surface area (Å²) in [7, 11) is 0. The van der Waals surface area contributed by atoms with Gasteiger partial charge in [0, 0.05) is 0 Å². The van der Waals surface area contributed by atoms with Crippen LogP contribution in [0.5, 0.6) is 0 Å². The Hall–Kier alpha value is -2.28. The van der Waals surface area contributed by atoms with Crippen molar-refractivity contribution in [1.29, 1.82) is 0 Å². The maximum atomic E-state index is 13.8. The standard InChI is InChI=1S/C18H23FN4O2/c1-11(2)14(21-15(24)12-7-3-4-8-13(12)19)16-22-17(23-25-16)18(20)9-5-6-10-18/h3-4,7-8,11,14H,5-6,9-10,20H2,1-2H3,(H,21,24). The molecule has 1 amide bonds. The first-order chi connectivity index (χ1) is 11.9. The van der Waals surface area contributed by atoms with Crippen molar-refractivity contribution in [2.24, 2.45) is 11.7 Å². The Balaban J connectivity index is 1.81. The fourth-order valence-corrected chi connectivity index (χ4v) is 3.17. The number of hydrogen-bond donors (Lipinski definition) is 2. The van der Waals surface area contributed by atoms with Gasteiger partial charge in [0.1, 0.15) is 11.9 Å². The van der Waals surface area contributed by atoms with Crippen LogP contribution in [0.3, 0.4) is 0 Å². The molecule has 1 aliphatic carbocycles. The lowest BCUT2D eigenvalue weighted by atomic mass is 9.98. The molecule has 1 fully saturated rings. The molecular weight excluding hydrogens is 323 g/mol. The molecule has 1 saturated carbocycles. The van der Waals surface area contributed by atoms with Crippen LogP contribution in [0.1, 0.15) is 67.6 Å². The fourth-order valence-electron chi connectivity index (χ4n) is 3.17. The van der Waals surface area contributed by atoms with Gasteiger partial charge in [0.05, 0.1) is 11.1 Å². The Labute approximate surface area is 146 Å². The first-order valence-electron chi connectivity index (χ1n) is 8.59. The lowest BCUT2D eigenvalue weighted by molar-refractivity contribution is 0.0909. The number of aromatic nitrogens is 2. The van der Waals surface area contributed by atoms with Crippen molar-refractivity contribution in [3.05, 3.63) is 47.4 Å². The molecular formula is C18H23FN4O2. The number of hydrogen-bond acceptors (Lipinski definition) is 5. The topological polar surface area (TPSA) is 94.0 Å². The van der Waals surface area contributed by atoms with Gasteiger partial charge in [-0.05, 0) is 30.9 Å². The van der Waals surface area contributed by atoms with Gasteiger partial charge in [0.2, 0.25) is 5.89 Å². The number of carbonyl (C=O) groups is 1. The molecule has 0 saturated heterocycles. The molecule has 1 aromatic heterocycles. The van der Waals surface area contributed by atoms with Gasteiger partial charge in [-0.2, -0.15) is 4.98 Å². The van der Waals surface area contributed by atoms with Crippen molar-refractivity contribution < 1.29 is 13.7 Å². The molecule has 3 N–H and O–H groups in total. The van der Waals surface area contributed by atoms with Crippen LogP contribution in [0.25, 0.3) is 0 Å². The molecule has 3 rings (SSSR count). The second kappa shape index (κ2) is 6.92. The summed E-state index contributed by atoms with van der Waals surface area (Å²) in [5.74, 6) is -0.320. The Bertz CT molecular complexity index is 753.